The minimum Gasteiger partial charge on any atom is -0.333 e. The molecule has 8 heteroatoms. The first-order valence-corrected chi connectivity index (χ1v) is 11.0. The zero-order chi connectivity index (χ0) is 21.7. The third kappa shape index (κ3) is 3.47. The molecular weight excluding hydrogens is 414 g/mol. The number of aromatic nitrogens is 4. The molecule has 1 aliphatic heterocycles. The monoisotopic (exact) mass is 437 g/mol. The normalized spacial score (nSPS) is 18.7. The van der Waals surface area contributed by atoms with Crippen LogP contribution in [0.25, 0.3) is 16.6 Å². The first kappa shape index (κ1) is 20.0. The van der Waals surface area contributed by atoms with Crippen molar-refractivity contribution in [2.45, 2.75) is 39.5 Å². The van der Waals surface area contributed by atoms with Gasteiger partial charge >= 0.3 is 0 Å². The van der Waals surface area contributed by atoms with Crippen LogP contribution in [0.5, 0.6) is 0 Å². The highest BCUT2D eigenvalue weighted by Crippen LogP contribution is 2.28. The Balaban J connectivity index is 1.44. The van der Waals surface area contributed by atoms with Gasteiger partial charge < -0.3 is 9.47 Å². The molecule has 0 bridgehead atoms. The number of carbonyl (C=O) groups excluding carboxylic acids is 1. The molecule has 1 unspecified atom stereocenters. The van der Waals surface area contributed by atoms with E-state index in [1.807, 2.05) is 28.5 Å². The number of rotatable bonds is 2. The Morgan fingerprint density at radius 3 is 2.90 bits per heavy atom. The summed E-state index contributed by atoms with van der Waals surface area (Å²) in [5, 5.41) is 8.43. The molecule has 160 valence electrons. The summed E-state index contributed by atoms with van der Waals surface area (Å²) in [4.78, 5) is 31.5. The van der Waals surface area contributed by atoms with E-state index in [9.17, 15) is 9.59 Å². The van der Waals surface area contributed by atoms with Crippen molar-refractivity contribution in [1.82, 2.24) is 24.6 Å². The number of nitrogens with one attached hydrogen (secondary N) is 1. The lowest BCUT2D eigenvalue weighted by Crippen LogP contribution is -2.36. The zero-order valence-electron chi connectivity index (χ0n) is 17.6. The van der Waals surface area contributed by atoms with Crippen molar-refractivity contribution in [2.24, 2.45) is 5.92 Å². The Bertz CT molecular complexity index is 1290. The van der Waals surface area contributed by atoms with Crippen molar-refractivity contribution in [3.63, 3.8) is 0 Å². The standard InChI is InChI=1S/C23H24ClN5O2/c1-13-3-5-19-17(11-13)21(27-26-19)23(31)28-9-7-16(8-10-28)29-14(2)25-22(30)18-12-15(24)4-6-20(18)29/h4,6-7,12-13H,3,5,8-11H2,1-2H3,(H,26,27). The number of hydrogen-bond acceptors (Lipinski definition) is 4. The van der Waals surface area contributed by atoms with E-state index in [1.54, 1.807) is 12.1 Å². The molecule has 0 spiro atoms. The fraction of sp³-hybridized carbons (Fsp3) is 0.391. The van der Waals surface area contributed by atoms with Crippen LogP contribution in [0.2, 0.25) is 5.02 Å². The lowest BCUT2D eigenvalue weighted by atomic mass is 9.87. The van der Waals surface area contributed by atoms with Crippen molar-refractivity contribution >= 4 is 34.1 Å². The van der Waals surface area contributed by atoms with E-state index >= 15 is 0 Å². The van der Waals surface area contributed by atoms with Gasteiger partial charge in [0.1, 0.15) is 5.82 Å². The number of halogens is 1. The number of nitrogens with zero attached hydrogens (tertiary/aromatic N) is 4. The van der Waals surface area contributed by atoms with E-state index in [2.05, 4.69) is 22.1 Å². The van der Waals surface area contributed by atoms with Crippen molar-refractivity contribution < 1.29 is 4.79 Å². The first-order valence-electron chi connectivity index (χ1n) is 10.7. The van der Waals surface area contributed by atoms with Crippen LogP contribution >= 0.6 is 11.6 Å². The molecule has 0 saturated heterocycles. The number of amides is 1. The molecule has 31 heavy (non-hydrogen) atoms. The van der Waals surface area contributed by atoms with Crippen LogP contribution in [0.15, 0.2) is 29.1 Å². The summed E-state index contributed by atoms with van der Waals surface area (Å²) in [6.45, 7) is 5.12. The van der Waals surface area contributed by atoms with Gasteiger partial charge in [-0.15, -0.1) is 0 Å². The molecule has 0 fully saturated rings. The molecular formula is C23H24ClN5O2. The highest BCUT2D eigenvalue weighted by Gasteiger charge is 2.29. The average molecular weight is 438 g/mol. The molecule has 2 aromatic heterocycles. The number of benzene rings is 1. The number of fused-ring (bicyclic) bond motifs is 2. The van der Waals surface area contributed by atoms with Gasteiger partial charge in [0.25, 0.3) is 11.5 Å². The summed E-state index contributed by atoms with van der Waals surface area (Å²) in [6, 6.07) is 5.28. The summed E-state index contributed by atoms with van der Waals surface area (Å²) >= 11 is 6.09. The van der Waals surface area contributed by atoms with Gasteiger partial charge in [0.2, 0.25) is 0 Å². The fourth-order valence-electron chi connectivity index (χ4n) is 4.71. The molecule has 1 amide bonds. The molecule has 1 atom stereocenters. The Morgan fingerprint density at radius 1 is 1.29 bits per heavy atom. The maximum absolute atomic E-state index is 13.2. The molecule has 1 aliphatic carbocycles. The second kappa shape index (κ2) is 7.64. The molecule has 3 heterocycles. The Hall–Kier alpha value is -2.93. The van der Waals surface area contributed by atoms with Crippen LogP contribution < -0.4 is 5.56 Å². The van der Waals surface area contributed by atoms with Gasteiger partial charge in [-0.1, -0.05) is 18.5 Å². The quantitative estimate of drug-likeness (QED) is 0.664. The lowest BCUT2D eigenvalue weighted by molar-refractivity contribution is 0.0764. The van der Waals surface area contributed by atoms with Gasteiger partial charge in [0.05, 0.1) is 10.9 Å². The van der Waals surface area contributed by atoms with E-state index in [0.29, 0.717) is 47.4 Å². The Labute approximate surface area is 184 Å². The predicted octanol–water partition coefficient (Wildman–Crippen LogP) is 3.59. The summed E-state index contributed by atoms with van der Waals surface area (Å²) in [5.41, 5.74) is 4.29. The van der Waals surface area contributed by atoms with Gasteiger partial charge in [-0.3, -0.25) is 14.7 Å². The van der Waals surface area contributed by atoms with E-state index < -0.39 is 0 Å². The highest BCUT2D eigenvalue weighted by atomic mass is 35.5. The first-order chi connectivity index (χ1) is 14.9. The zero-order valence-corrected chi connectivity index (χ0v) is 18.4. The van der Waals surface area contributed by atoms with E-state index in [1.165, 1.54) is 0 Å². The summed E-state index contributed by atoms with van der Waals surface area (Å²) in [5.74, 6) is 1.18. The minimum atomic E-state index is -0.281. The Morgan fingerprint density at radius 2 is 2.13 bits per heavy atom. The van der Waals surface area contributed by atoms with Crippen LogP contribution in [0.4, 0.5) is 0 Å². The van der Waals surface area contributed by atoms with Crippen molar-refractivity contribution in [1.29, 1.82) is 0 Å². The van der Waals surface area contributed by atoms with Crippen molar-refractivity contribution in [3.05, 3.63) is 62.4 Å². The maximum atomic E-state index is 13.2. The van der Waals surface area contributed by atoms with Crippen LogP contribution in [0, 0.1) is 12.8 Å². The second-order valence-corrected chi connectivity index (χ2v) is 8.97. The number of aryl methyl sites for hydroxylation is 2. The van der Waals surface area contributed by atoms with Gasteiger partial charge in [-0.25, -0.2) is 0 Å². The van der Waals surface area contributed by atoms with E-state index in [-0.39, 0.29) is 11.5 Å². The summed E-state index contributed by atoms with van der Waals surface area (Å²) in [7, 11) is 0. The summed E-state index contributed by atoms with van der Waals surface area (Å²) < 4.78 is 1.99. The third-order valence-electron chi connectivity index (χ3n) is 6.37. The highest BCUT2D eigenvalue weighted by molar-refractivity contribution is 6.31. The van der Waals surface area contributed by atoms with Gasteiger partial charge in [-0.2, -0.15) is 10.1 Å². The molecule has 0 saturated carbocycles. The van der Waals surface area contributed by atoms with Crippen molar-refractivity contribution in [3.8, 4) is 0 Å². The number of H-pyrrole nitrogens is 1. The van der Waals surface area contributed by atoms with Gasteiger partial charge in [0.15, 0.2) is 5.69 Å². The minimum absolute atomic E-state index is 0.0201. The molecule has 1 N–H and O–H groups in total. The van der Waals surface area contributed by atoms with Gasteiger partial charge in [-0.05, 0) is 56.4 Å². The second-order valence-electron chi connectivity index (χ2n) is 8.53. The predicted molar refractivity (Wildman–Crippen MR) is 120 cm³/mol. The van der Waals surface area contributed by atoms with Gasteiger partial charge in [0, 0.05) is 41.5 Å². The average Bonchev–Trinajstić information content (AvgIpc) is 3.17. The van der Waals surface area contributed by atoms with Crippen LogP contribution in [0.1, 0.15) is 47.3 Å². The smallest absolute Gasteiger partial charge is 0.280 e. The number of carbonyl (C=O) groups is 1. The van der Waals surface area contributed by atoms with Crippen molar-refractivity contribution in [2.75, 3.05) is 13.1 Å². The molecule has 0 radical (unpaired) electrons. The molecule has 7 nitrogen and oxygen atoms in total. The number of hydrogen-bond donors (Lipinski definition) is 1. The largest absolute Gasteiger partial charge is 0.333 e. The van der Waals surface area contributed by atoms with E-state index in [0.717, 1.165) is 41.7 Å². The third-order valence-corrected chi connectivity index (χ3v) is 6.61. The van der Waals surface area contributed by atoms with Crippen LogP contribution in [-0.4, -0.2) is 43.6 Å². The topological polar surface area (TPSA) is 83.9 Å². The molecule has 2 aliphatic rings. The summed E-state index contributed by atoms with van der Waals surface area (Å²) in [6.07, 6.45) is 5.69. The lowest BCUT2D eigenvalue weighted by Gasteiger charge is -2.28. The van der Waals surface area contributed by atoms with Crippen LogP contribution in [0.3, 0.4) is 0 Å². The maximum Gasteiger partial charge on any atom is 0.280 e. The SMILES string of the molecule is Cc1nc(=O)c2cc(Cl)ccc2n1C1=CCN(C(=O)c2n[nH]c3c2CC(C)CC3)CC1. The molecule has 3 aromatic rings. The Kier molecular flexibility index (Phi) is 4.93. The van der Waals surface area contributed by atoms with E-state index in [4.69, 9.17) is 11.6 Å². The van der Waals surface area contributed by atoms with Crippen LogP contribution in [-0.2, 0) is 12.8 Å². The molecule has 1 aromatic carbocycles. The molecule has 5 rings (SSSR count). The number of aromatic amines is 1. The fourth-order valence-corrected chi connectivity index (χ4v) is 4.88.